The smallest absolute Gasteiger partial charge is 0.0558 e. The highest BCUT2D eigenvalue weighted by atomic mass is 16.3. The van der Waals surface area contributed by atoms with Crippen LogP contribution in [0.5, 0.6) is 0 Å². The zero-order valence-corrected chi connectivity index (χ0v) is 11.5. The molecule has 1 aliphatic rings. The number of benzene rings is 1. The van der Waals surface area contributed by atoms with E-state index in [1.807, 2.05) is 6.08 Å². The van der Waals surface area contributed by atoms with E-state index in [9.17, 15) is 0 Å². The van der Waals surface area contributed by atoms with Gasteiger partial charge < -0.3 is 10.4 Å². The van der Waals surface area contributed by atoms with Crippen molar-refractivity contribution in [2.75, 3.05) is 19.7 Å². The fourth-order valence-corrected chi connectivity index (χ4v) is 2.20. The topological polar surface area (TPSA) is 35.5 Å². The standard InChI is InChI=1S/C16H24N2O/c1-2-8-18(9-10-19)13-15-5-3-4-14(11-15)12-17-16-6-7-16/h2-5,11,16-17,19H,1,6-10,12-13H2. The van der Waals surface area contributed by atoms with Crippen molar-refractivity contribution in [2.24, 2.45) is 0 Å². The molecule has 0 atom stereocenters. The van der Waals surface area contributed by atoms with E-state index in [1.165, 1.54) is 24.0 Å². The lowest BCUT2D eigenvalue weighted by Crippen LogP contribution is -2.26. The summed E-state index contributed by atoms with van der Waals surface area (Å²) < 4.78 is 0. The SMILES string of the molecule is C=CCN(CCO)Cc1cccc(CNC2CC2)c1. The summed E-state index contributed by atoms with van der Waals surface area (Å²) in [5.74, 6) is 0. The Labute approximate surface area is 115 Å². The molecule has 0 aromatic heterocycles. The second-order valence-corrected chi connectivity index (χ2v) is 5.22. The molecule has 1 aliphatic carbocycles. The van der Waals surface area contributed by atoms with Gasteiger partial charge in [-0.05, 0) is 24.0 Å². The van der Waals surface area contributed by atoms with Crippen molar-refractivity contribution in [2.45, 2.75) is 32.0 Å². The molecule has 1 saturated carbocycles. The number of hydrogen-bond acceptors (Lipinski definition) is 3. The molecule has 1 aromatic rings. The summed E-state index contributed by atoms with van der Waals surface area (Å²) in [5.41, 5.74) is 2.64. The normalized spacial score (nSPS) is 14.8. The summed E-state index contributed by atoms with van der Waals surface area (Å²) in [6.07, 6.45) is 4.53. The molecule has 104 valence electrons. The van der Waals surface area contributed by atoms with E-state index in [1.54, 1.807) is 0 Å². The van der Waals surface area contributed by atoms with Crippen LogP contribution in [0.3, 0.4) is 0 Å². The molecule has 2 rings (SSSR count). The Hall–Kier alpha value is -1.16. The molecule has 0 aliphatic heterocycles. The highest BCUT2D eigenvalue weighted by molar-refractivity contribution is 5.23. The molecule has 3 heteroatoms. The monoisotopic (exact) mass is 260 g/mol. The summed E-state index contributed by atoms with van der Waals surface area (Å²) >= 11 is 0. The maximum atomic E-state index is 9.06. The first-order valence-electron chi connectivity index (χ1n) is 7.07. The Morgan fingerprint density at radius 3 is 2.84 bits per heavy atom. The van der Waals surface area contributed by atoms with E-state index in [4.69, 9.17) is 5.11 Å². The lowest BCUT2D eigenvalue weighted by molar-refractivity contribution is 0.203. The fourth-order valence-electron chi connectivity index (χ4n) is 2.20. The Bertz CT molecular complexity index is 401. The highest BCUT2D eigenvalue weighted by Gasteiger charge is 2.19. The third kappa shape index (κ3) is 5.15. The quantitative estimate of drug-likeness (QED) is 0.666. The third-order valence-electron chi connectivity index (χ3n) is 3.37. The molecule has 0 saturated heterocycles. The van der Waals surface area contributed by atoms with Crippen LogP contribution >= 0.6 is 0 Å². The molecule has 0 bridgehead atoms. The van der Waals surface area contributed by atoms with Crippen molar-refractivity contribution >= 4 is 0 Å². The average molecular weight is 260 g/mol. The summed E-state index contributed by atoms with van der Waals surface area (Å²) in [6, 6.07) is 9.43. The lowest BCUT2D eigenvalue weighted by atomic mass is 10.1. The minimum absolute atomic E-state index is 0.191. The Morgan fingerprint density at radius 1 is 1.37 bits per heavy atom. The largest absolute Gasteiger partial charge is 0.395 e. The van der Waals surface area contributed by atoms with Gasteiger partial charge in [-0.25, -0.2) is 0 Å². The molecular formula is C16H24N2O. The molecule has 0 unspecified atom stereocenters. The van der Waals surface area contributed by atoms with Crippen LogP contribution in [0.15, 0.2) is 36.9 Å². The second kappa shape index (κ2) is 7.43. The van der Waals surface area contributed by atoms with E-state index in [-0.39, 0.29) is 6.61 Å². The Morgan fingerprint density at radius 2 is 2.16 bits per heavy atom. The highest BCUT2D eigenvalue weighted by Crippen LogP contribution is 2.19. The van der Waals surface area contributed by atoms with E-state index < -0.39 is 0 Å². The molecular weight excluding hydrogens is 236 g/mol. The van der Waals surface area contributed by atoms with Gasteiger partial charge >= 0.3 is 0 Å². The molecule has 19 heavy (non-hydrogen) atoms. The van der Waals surface area contributed by atoms with Crippen molar-refractivity contribution in [1.29, 1.82) is 0 Å². The lowest BCUT2D eigenvalue weighted by Gasteiger charge is -2.19. The van der Waals surface area contributed by atoms with Gasteiger partial charge in [-0.2, -0.15) is 0 Å². The van der Waals surface area contributed by atoms with Crippen LogP contribution < -0.4 is 5.32 Å². The van der Waals surface area contributed by atoms with Gasteiger partial charge in [-0.3, -0.25) is 4.90 Å². The van der Waals surface area contributed by atoms with Crippen LogP contribution in [0.1, 0.15) is 24.0 Å². The first-order chi connectivity index (χ1) is 9.31. The van der Waals surface area contributed by atoms with Gasteiger partial charge in [0.05, 0.1) is 6.61 Å². The fraction of sp³-hybridized carbons (Fsp3) is 0.500. The summed E-state index contributed by atoms with van der Waals surface area (Å²) in [6.45, 7) is 7.28. The molecule has 1 fully saturated rings. The molecule has 0 amide bonds. The van der Waals surface area contributed by atoms with Gasteiger partial charge in [-0.1, -0.05) is 30.3 Å². The second-order valence-electron chi connectivity index (χ2n) is 5.22. The van der Waals surface area contributed by atoms with Crippen LogP contribution in [-0.4, -0.2) is 35.7 Å². The van der Waals surface area contributed by atoms with E-state index >= 15 is 0 Å². The molecule has 0 heterocycles. The van der Waals surface area contributed by atoms with Gasteiger partial charge in [0, 0.05) is 32.2 Å². The first-order valence-corrected chi connectivity index (χ1v) is 7.07. The van der Waals surface area contributed by atoms with Crippen LogP contribution in [0.4, 0.5) is 0 Å². The van der Waals surface area contributed by atoms with Gasteiger partial charge in [0.25, 0.3) is 0 Å². The van der Waals surface area contributed by atoms with E-state index in [0.717, 1.165) is 25.7 Å². The summed E-state index contributed by atoms with van der Waals surface area (Å²) in [4.78, 5) is 2.19. The van der Waals surface area contributed by atoms with E-state index in [0.29, 0.717) is 6.54 Å². The first kappa shape index (κ1) is 14.3. The number of nitrogens with one attached hydrogen (secondary N) is 1. The minimum atomic E-state index is 0.191. The zero-order valence-electron chi connectivity index (χ0n) is 11.5. The maximum absolute atomic E-state index is 9.06. The number of aliphatic hydroxyl groups is 1. The molecule has 0 radical (unpaired) electrons. The molecule has 0 spiro atoms. The van der Waals surface area contributed by atoms with Gasteiger partial charge in [-0.15, -0.1) is 6.58 Å². The number of hydrogen-bond donors (Lipinski definition) is 2. The van der Waals surface area contributed by atoms with Crippen molar-refractivity contribution in [3.8, 4) is 0 Å². The Kier molecular flexibility index (Phi) is 5.58. The van der Waals surface area contributed by atoms with Crippen molar-refractivity contribution < 1.29 is 5.11 Å². The number of rotatable bonds is 9. The number of nitrogens with zero attached hydrogens (tertiary/aromatic N) is 1. The predicted octanol–water partition coefficient (Wildman–Crippen LogP) is 1.92. The number of aliphatic hydroxyl groups excluding tert-OH is 1. The van der Waals surface area contributed by atoms with Crippen molar-refractivity contribution in [3.05, 3.63) is 48.0 Å². The van der Waals surface area contributed by atoms with Crippen molar-refractivity contribution in [1.82, 2.24) is 10.2 Å². The van der Waals surface area contributed by atoms with Crippen molar-refractivity contribution in [3.63, 3.8) is 0 Å². The molecule has 3 nitrogen and oxygen atoms in total. The third-order valence-corrected chi connectivity index (χ3v) is 3.37. The zero-order chi connectivity index (χ0) is 13.5. The van der Waals surface area contributed by atoms with Crippen LogP contribution in [0, 0.1) is 0 Å². The maximum Gasteiger partial charge on any atom is 0.0558 e. The van der Waals surface area contributed by atoms with Crippen LogP contribution in [0.25, 0.3) is 0 Å². The van der Waals surface area contributed by atoms with E-state index in [2.05, 4.69) is 41.1 Å². The Balaban J connectivity index is 1.89. The van der Waals surface area contributed by atoms with Gasteiger partial charge in [0.1, 0.15) is 0 Å². The summed E-state index contributed by atoms with van der Waals surface area (Å²) in [5, 5.41) is 12.6. The van der Waals surface area contributed by atoms with Crippen LogP contribution in [-0.2, 0) is 13.1 Å². The average Bonchev–Trinajstić information content (AvgIpc) is 3.21. The molecule has 2 N–H and O–H groups in total. The molecule has 1 aromatic carbocycles. The van der Waals surface area contributed by atoms with Crippen LogP contribution in [0.2, 0.25) is 0 Å². The van der Waals surface area contributed by atoms with Gasteiger partial charge in [0.15, 0.2) is 0 Å². The predicted molar refractivity (Wildman–Crippen MR) is 78.9 cm³/mol. The van der Waals surface area contributed by atoms with Gasteiger partial charge in [0.2, 0.25) is 0 Å². The minimum Gasteiger partial charge on any atom is -0.395 e. The summed E-state index contributed by atoms with van der Waals surface area (Å²) in [7, 11) is 0.